The summed E-state index contributed by atoms with van der Waals surface area (Å²) in [5, 5.41) is 9.50. The smallest absolute Gasteiger partial charge is 0.167 e. The van der Waals surface area contributed by atoms with Crippen molar-refractivity contribution < 1.29 is 14.2 Å². The summed E-state index contributed by atoms with van der Waals surface area (Å²) in [5.41, 5.74) is 0.547. The predicted octanol–water partition coefficient (Wildman–Crippen LogP) is 2.67. The van der Waals surface area contributed by atoms with Gasteiger partial charge in [0.05, 0.1) is 6.10 Å². The lowest BCUT2D eigenvalue weighted by molar-refractivity contribution is 0.0428. The van der Waals surface area contributed by atoms with Crippen molar-refractivity contribution in [2.75, 3.05) is 0 Å². The molecule has 84 valence electrons. The summed E-state index contributed by atoms with van der Waals surface area (Å²) >= 11 is 0. The first kappa shape index (κ1) is 12.0. The van der Waals surface area contributed by atoms with Crippen molar-refractivity contribution >= 4 is 0 Å². The van der Waals surface area contributed by atoms with Crippen LogP contribution in [0.1, 0.15) is 25.8 Å². The van der Waals surface area contributed by atoms with E-state index in [1.165, 1.54) is 0 Å². The van der Waals surface area contributed by atoms with Crippen LogP contribution in [0.5, 0.6) is 5.75 Å². The third kappa shape index (κ3) is 2.93. The molecule has 0 saturated heterocycles. The average molecular weight is 212 g/mol. The molecule has 0 bridgehead atoms. The summed E-state index contributed by atoms with van der Waals surface area (Å²) in [5.74, 6) is -0.150. The molecule has 0 heterocycles. The van der Waals surface area contributed by atoms with Gasteiger partial charge in [-0.05, 0) is 31.9 Å². The molecule has 0 aliphatic rings. The molecule has 0 amide bonds. The van der Waals surface area contributed by atoms with Gasteiger partial charge in [-0.2, -0.15) is 0 Å². The van der Waals surface area contributed by atoms with Crippen LogP contribution >= 0.6 is 0 Å². The molecule has 1 aromatic rings. The standard InChI is InChI=1S/C12H17FO2/c1-4-10(14)9(3)15-11-7-5-6-8(2)12(11)13/h5-7,9-10,14H,4H2,1-3H3. The molecule has 2 unspecified atom stereocenters. The van der Waals surface area contributed by atoms with Gasteiger partial charge in [0, 0.05) is 0 Å². The molecule has 0 aliphatic heterocycles. The van der Waals surface area contributed by atoms with Crippen molar-refractivity contribution in [3.63, 3.8) is 0 Å². The second kappa shape index (κ2) is 5.12. The zero-order valence-corrected chi connectivity index (χ0v) is 9.33. The van der Waals surface area contributed by atoms with E-state index < -0.39 is 12.2 Å². The van der Waals surface area contributed by atoms with Crippen molar-refractivity contribution in [1.82, 2.24) is 0 Å². The first-order chi connectivity index (χ1) is 7.06. The fourth-order valence-corrected chi connectivity index (χ4v) is 1.32. The Morgan fingerprint density at radius 3 is 2.73 bits per heavy atom. The summed E-state index contributed by atoms with van der Waals surface area (Å²) in [6.45, 7) is 5.27. The minimum Gasteiger partial charge on any atom is -0.485 e. The van der Waals surface area contributed by atoms with Crippen molar-refractivity contribution in [3.8, 4) is 5.75 Å². The van der Waals surface area contributed by atoms with Gasteiger partial charge in [-0.15, -0.1) is 0 Å². The number of aliphatic hydroxyl groups is 1. The average Bonchev–Trinajstić information content (AvgIpc) is 2.23. The summed E-state index contributed by atoms with van der Waals surface area (Å²) in [7, 11) is 0. The summed E-state index contributed by atoms with van der Waals surface area (Å²) in [4.78, 5) is 0. The van der Waals surface area contributed by atoms with E-state index in [0.29, 0.717) is 12.0 Å². The number of hydrogen-bond donors (Lipinski definition) is 1. The van der Waals surface area contributed by atoms with Crippen molar-refractivity contribution in [3.05, 3.63) is 29.6 Å². The zero-order valence-electron chi connectivity index (χ0n) is 9.33. The number of rotatable bonds is 4. The van der Waals surface area contributed by atoms with Gasteiger partial charge in [0.1, 0.15) is 6.10 Å². The Morgan fingerprint density at radius 2 is 2.13 bits per heavy atom. The number of halogens is 1. The van der Waals surface area contributed by atoms with Crippen LogP contribution < -0.4 is 4.74 Å². The molecule has 0 saturated carbocycles. The van der Waals surface area contributed by atoms with Gasteiger partial charge < -0.3 is 9.84 Å². The summed E-state index contributed by atoms with van der Waals surface area (Å²) < 4.78 is 18.9. The number of aliphatic hydroxyl groups excluding tert-OH is 1. The highest BCUT2D eigenvalue weighted by Gasteiger charge is 2.16. The third-order valence-electron chi connectivity index (χ3n) is 2.43. The van der Waals surface area contributed by atoms with Gasteiger partial charge in [0.25, 0.3) is 0 Å². The summed E-state index contributed by atoms with van der Waals surface area (Å²) in [6.07, 6.45) is -0.370. The number of hydrogen-bond acceptors (Lipinski definition) is 2. The van der Waals surface area contributed by atoms with E-state index in [2.05, 4.69) is 0 Å². The minimum atomic E-state index is -0.565. The van der Waals surface area contributed by atoms with E-state index in [9.17, 15) is 9.50 Å². The lowest BCUT2D eigenvalue weighted by Crippen LogP contribution is -2.28. The molecule has 3 heteroatoms. The molecule has 0 spiro atoms. The minimum absolute atomic E-state index is 0.204. The van der Waals surface area contributed by atoms with E-state index >= 15 is 0 Å². The predicted molar refractivity (Wildman–Crippen MR) is 57.5 cm³/mol. The molecular weight excluding hydrogens is 195 g/mol. The molecule has 15 heavy (non-hydrogen) atoms. The Morgan fingerprint density at radius 1 is 1.47 bits per heavy atom. The van der Waals surface area contributed by atoms with E-state index in [-0.39, 0.29) is 11.6 Å². The van der Waals surface area contributed by atoms with Crippen LogP contribution in [-0.4, -0.2) is 17.3 Å². The van der Waals surface area contributed by atoms with E-state index in [1.807, 2.05) is 6.92 Å². The van der Waals surface area contributed by atoms with Crippen LogP contribution in [0.25, 0.3) is 0 Å². The van der Waals surface area contributed by atoms with Crippen LogP contribution in [0, 0.1) is 12.7 Å². The maximum absolute atomic E-state index is 13.5. The van der Waals surface area contributed by atoms with Gasteiger partial charge in [0.15, 0.2) is 11.6 Å². The van der Waals surface area contributed by atoms with Gasteiger partial charge in [-0.3, -0.25) is 0 Å². The first-order valence-corrected chi connectivity index (χ1v) is 5.16. The molecule has 0 fully saturated rings. The quantitative estimate of drug-likeness (QED) is 0.831. The highest BCUT2D eigenvalue weighted by atomic mass is 19.1. The van der Waals surface area contributed by atoms with Crippen molar-refractivity contribution in [1.29, 1.82) is 0 Å². The zero-order chi connectivity index (χ0) is 11.4. The van der Waals surface area contributed by atoms with E-state index in [1.54, 1.807) is 32.0 Å². The molecule has 1 N–H and O–H groups in total. The lowest BCUT2D eigenvalue weighted by atomic mass is 10.1. The van der Waals surface area contributed by atoms with Crippen LogP contribution in [0.2, 0.25) is 0 Å². The van der Waals surface area contributed by atoms with E-state index in [0.717, 1.165) is 0 Å². The molecule has 2 nitrogen and oxygen atoms in total. The first-order valence-electron chi connectivity index (χ1n) is 5.16. The Kier molecular flexibility index (Phi) is 4.09. The summed E-state index contributed by atoms with van der Waals surface area (Å²) in [6, 6.07) is 4.99. The molecule has 1 aromatic carbocycles. The van der Waals surface area contributed by atoms with E-state index in [4.69, 9.17) is 4.74 Å². The van der Waals surface area contributed by atoms with Crippen LogP contribution in [-0.2, 0) is 0 Å². The highest BCUT2D eigenvalue weighted by molar-refractivity contribution is 5.30. The second-order valence-electron chi connectivity index (χ2n) is 3.69. The normalized spacial score (nSPS) is 14.7. The molecular formula is C12H17FO2. The highest BCUT2D eigenvalue weighted by Crippen LogP contribution is 2.21. The Hall–Kier alpha value is -1.09. The third-order valence-corrected chi connectivity index (χ3v) is 2.43. The molecule has 1 rings (SSSR count). The van der Waals surface area contributed by atoms with Gasteiger partial charge >= 0.3 is 0 Å². The number of aryl methyl sites for hydroxylation is 1. The number of benzene rings is 1. The van der Waals surface area contributed by atoms with Crippen LogP contribution in [0.15, 0.2) is 18.2 Å². The van der Waals surface area contributed by atoms with Gasteiger partial charge in [-0.25, -0.2) is 4.39 Å². The van der Waals surface area contributed by atoms with Crippen LogP contribution in [0.3, 0.4) is 0 Å². The Bertz CT molecular complexity index is 325. The van der Waals surface area contributed by atoms with Crippen LogP contribution in [0.4, 0.5) is 4.39 Å². The largest absolute Gasteiger partial charge is 0.485 e. The second-order valence-corrected chi connectivity index (χ2v) is 3.69. The fraction of sp³-hybridized carbons (Fsp3) is 0.500. The Balaban J connectivity index is 2.76. The molecule has 0 aromatic heterocycles. The van der Waals surface area contributed by atoms with Gasteiger partial charge in [0.2, 0.25) is 0 Å². The molecule has 0 radical (unpaired) electrons. The molecule has 2 atom stereocenters. The monoisotopic (exact) mass is 212 g/mol. The van der Waals surface area contributed by atoms with Crippen molar-refractivity contribution in [2.45, 2.75) is 39.4 Å². The number of ether oxygens (including phenoxy) is 1. The SMILES string of the molecule is CCC(O)C(C)Oc1cccc(C)c1F. The maximum atomic E-state index is 13.5. The topological polar surface area (TPSA) is 29.5 Å². The van der Waals surface area contributed by atoms with Gasteiger partial charge in [-0.1, -0.05) is 19.1 Å². The van der Waals surface area contributed by atoms with Crippen molar-refractivity contribution in [2.24, 2.45) is 0 Å². The Labute approximate surface area is 89.7 Å². The lowest BCUT2D eigenvalue weighted by Gasteiger charge is -2.19. The molecule has 0 aliphatic carbocycles. The fourth-order valence-electron chi connectivity index (χ4n) is 1.32. The maximum Gasteiger partial charge on any atom is 0.167 e.